The Balaban J connectivity index is 2.08. The van der Waals surface area contributed by atoms with E-state index in [1.807, 2.05) is 0 Å². The minimum absolute atomic E-state index is 0.350. The minimum Gasteiger partial charge on any atom is -0.306 e. The topological polar surface area (TPSA) is 12.0 Å². The lowest BCUT2D eigenvalue weighted by Crippen LogP contribution is -2.31. The predicted octanol–water partition coefficient (Wildman–Crippen LogP) is 3.85. The molecular weight excluding hydrogens is 230 g/mol. The molecular formula is C18H21N. The van der Waals surface area contributed by atoms with Crippen molar-refractivity contribution in [1.82, 2.24) is 5.32 Å². The Morgan fingerprint density at radius 3 is 2.58 bits per heavy atom. The van der Waals surface area contributed by atoms with E-state index in [1.165, 1.54) is 33.4 Å². The maximum absolute atomic E-state index is 3.67. The zero-order valence-corrected chi connectivity index (χ0v) is 12.0. The van der Waals surface area contributed by atoms with Crippen LogP contribution < -0.4 is 5.32 Å². The Labute approximate surface area is 115 Å². The number of aryl methyl sites for hydroxylation is 3. The number of fused-ring (bicyclic) bond motifs is 1. The van der Waals surface area contributed by atoms with Gasteiger partial charge in [0.2, 0.25) is 0 Å². The molecule has 0 aliphatic carbocycles. The van der Waals surface area contributed by atoms with Crippen LogP contribution in [0.1, 0.15) is 39.4 Å². The van der Waals surface area contributed by atoms with Crippen molar-refractivity contribution in [1.29, 1.82) is 0 Å². The molecule has 1 heterocycles. The van der Waals surface area contributed by atoms with Crippen LogP contribution in [-0.4, -0.2) is 6.54 Å². The van der Waals surface area contributed by atoms with E-state index < -0.39 is 0 Å². The van der Waals surface area contributed by atoms with Crippen LogP contribution in [0, 0.1) is 20.8 Å². The first-order chi connectivity index (χ1) is 9.16. The summed E-state index contributed by atoms with van der Waals surface area (Å²) in [5.41, 5.74) is 8.53. The normalized spacial score (nSPS) is 18.2. The van der Waals surface area contributed by atoms with Gasteiger partial charge in [0, 0.05) is 6.54 Å². The molecule has 2 aromatic carbocycles. The quantitative estimate of drug-likeness (QED) is 0.812. The highest BCUT2D eigenvalue weighted by molar-refractivity contribution is 5.44. The van der Waals surface area contributed by atoms with Gasteiger partial charge >= 0.3 is 0 Å². The third-order valence-electron chi connectivity index (χ3n) is 4.35. The van der Waals surface area contributed by atoms with E-state index >= 15 is 0 Å². The summed E-state index contributed by atoms with van der Waals surface area (Å²) in [5.74, 6) is 0. The van der Waals surface area contributed by atoms with Gasteiger partial charge in [-0.3, -0.25) is 0 Å². The van der Waals surface area contributed by atoms with Crippen LogP contribution in [0.4, 0.5) is 0 Å². The monoisotopic (exact) mass is 251 g/mol. The number of hydrogen-bond acceptors (Lipinski definition) is 1. The first kappa shape index (κ1) is 12.4. The van der Waals surface area contributed by atoms with E-state index in [9.17, 15) is 0 Å². The van der Waals surface area contributed by atoms with E-state index in [2.05, 4.69) is 62.5 Å². The fraction of sp³-hybridized carbons (Fsp3) is 0.333. The minimum atomic E-state index is 0.350. The van der Waals surface area contributed by atoms with E-state index in [1.54, 1.807) is 0 Å². The van der Waals surface area contributed by atoms with Gasteiger partial charge in [0.15, 0.2) is 0 Å². The van der Waals surface area contributed by atoms with E-state index in [4.69, 9.17) is 0 Å². The molecule has 98 valence electrons. The molecule has 1 unspecified atom stereocenters. The molecule has 1 heteroatoms. The van der Waals surface area contributed by atoms with Crippen LogP contribution >= 0.6 is 0 Å². The molecule has 19 heavy (non-hydrogen) atoms. The van der Waals surface area contributed by atoms with Crippen LogP contribution in [-0.2, 0) is 6.42 Å². The van der Waals surface area contributed by atoms with Crippen molar-refractivity contribution in [2.24, 2.45) is 0 Å². The molecule has 0 bridgehead atoms. The molecule has 0 fully saturated rings. The van der Waals surface area contributed by atoms with Gasteiger partial charge < -0.3 is 5.32 Å². The molecule has 1 atom stereocenters. The SMILES string of the molecule is Cc1ccc(C2NCCc3c(C)cccc32)cc1C. The summed E-state index contributed by atoms with van der Waals surface area (Å²) < 4.78 is 0. The van der Waals surface area contributed by atoms with Crippen LogP contribution in [0.3, 0.4) is 0 Å². The van der Waals surface area contributed by atoms with Crippen molar-refractivity contribution in [2.75, 3.05) is 6.54 Å². The highest BCUT2D eigenvalue weighted by Crippen LogP contribution is 2.31. The second kappa shape index (κ2) is 4.82. The molecule has 0 amide bonds. The summed E-state index contributed by atoms with van der Waals surface area (Å²) in [6, 6.07) is 13.8. The maximum Gasteiger partial charge on any atom is 0.0579 e. The number of nitrogens with one attached hydrogen (secondary N) is 1. The van der Waals surface area contributed by atoms with Crippen LogP contribution in [0.15, 0.2) is 36.4 Å². The van der Waals surface area contributed by atoms with Gasteiger partial charge in [0.25, 0.3) is 0 Å². The lowest BCUT2D eigenvalue weighted by molar-refractivity contribution is 0.566. The lowest BCUT2D eigenvalue weighted by atomic mass is 9.87. The van der Waals surface area contributed by atoms with Crippen LogP contribution in [0.25, 0.3) is 0 Å². The summed E-state index contributed by atoms with van der Waals surface area (Å²) in [4.78, 5) is 0. The van der Waals surface area contributed by atoms with Gasteiger partial charge in [-0.25, -0.2) is 0 Å². The Morgan fingerprint density at radius 2 is 1.79 bits per heavy atom. The Kier molecular flexibility index (Phi) is 3.16. The van der Waals surface area contributed by atoms with Gasteiger partial charge in [-0.1, -0.05) is 36.4 Å². The lowest BCUT2D eigenvalue weighted by Gasteiger charge is -2.29. The van der Waals surface area contributed by atoms with Crippen molar-refractivity contribution in [2.45, 2.75) is 33.2 Å². The van der Waals surface area contributed by atoms with E-state index in [-0.39, 0.29) is 0 Å². The van der Waals surface area contributed by atoms with Gasteiger partial charge in [-0.05, 0) is 60.6 Å². The smallest absolute Gasteiger partial charge is 0.0579 e. The number of hydrogen-bond donors (Lipinski definition) is 1. The van der Waals surface area contributed by atoms with Crippen molar-refractivity contribution in [3.8, 4) is 0 Å². The average Bonchev–Trinajstić information content (AvgIpc) is 2.42. The van der Waals surface area contributed by atoms with Gasteiger partial charge in [0.05, 0.1) is 6.04 Å². The second-order valence-corrected chi connectivity index (χ2v) is 5.62. The Hall–Kier alpha value is -1.60. The molecule has 3 rings (SSSR count). The van der Waals surface area contributed by atoms with Crippen molar-refractivity contribution in [3.05, 3.63) is 69.8 Å². The first-order valence-corrected chi connectivity index (χ1v) is 7.06. The summed E-state index contributed by atoms with van der Waals surface area (Å²) >= 11 is 0. The van der Waals surface area contributed by atoms with Crippen molar-refractivity contribution in [3.63, 3.8) is 0 Å². The zero-order valence-electron chi connectivity index (χ0n) is 12.0. The Bertz CT molecular complexity index is 613. The van der Waals surface area contributed by atoms with Crippen molar-refractivity contribution >= 4 is 0 Å². The first-order valence-electron chi connectivity index (χ1n) is 7.06. The van der Waals surface area contributed by atoms with Crippen LogP contribution in [0.5, 0.6) is 0 Å². The fourth-order valence-electron chi connectivity index (χ4n) is 3.03. The van der Waals surface area contributed by atoms with E-state index in [0.29, 0.717) is 6.04 Å². The molecule has 2 aromatic rings. The highest BCUT2D eigenvalue weighted by Gasteiger charge is 2.22. The maximum atomic E-state index is 3.67. The largest absolute Gasteiger partial charge is 0.306 e. The molecule has 1 aliphatic heterocycles. The molecule has 0 aromatic heterocycles. The summed E-state index contributed by atoms with van der Waals surface area (Å²) in [6.45, 7) is 7.65. The average molecular weight is 251 g/mol. The van der Waals surface area contributed by atoms with Crippen molar-refractivity contribution < 1.29 is 0 Å². The zero-order chi connectivity index (χ0) is 13.4. The predicted molar refractivity (Wildman–Crippen MR) is 80.6 cm³/mol. The molecule has 0 saturated heterocycles. The van der Waals surface area contributed by atoms with Gasteiger partial charge in [-0.15, -0.1) is 0 Å². The molecule has 0 spiro atoms. The fourth-order valence-corrected chi connectivity index (χ4v) is 3.03. The standard InChI is InChI=1S/C18H21N/c1-12-7-8-15(11-14(12)3)18-17-6-4-5-13(2)16(17)9-10-19-18/h4-8,11,18-19H,9-10H2,1-3H3. The molecule has 0 saturated carbocycles. The van der Waals surface area contributed by atoms with E-state index in [0.717, 1.165) is 13.0 Å². The highest BCUT2D eigenvalue weighted by atomic mass is 14.9. The Morgan fingerprint density at radius 1 is 0.947 bits per heavy atom. The number of rotatable bonds is 1. The number of benzene rings is 2. The van der Waals surface area contributed by atoms with Crippen LogP contribution in [0.2, 0.25) is 0 Å². The van der Waals surface area contributed by atoms with Gasteiger partial charge in [0.1, 0.15) is 0 Å². The molecule has 1 nitrogen and oxygen atoms in total. The summed E-state index contributed by atoms with van der Waals surface area (Å²) in [6.07, 6.45) is 1.14. The van der Waals surface area contributed by atoms with Gasteiger partial charge in [-0.2, -0.15) is 0 Å². The third-order valence-corrected chi connectivity index (χ3v) is 4.35. The third kappa shape index (κ3) is 2.19. The summed E-state index contributed by atoms with van der Waals surface area (Å²) in [5, 5.41) is 3.67. The second-order valence-electron chi connectivity index (χ2n) is 5.62. The summed E-state index contributed by atoms with van der Waals surface area (Å²) in [7, 11) is 0. The molecule has 0 radical (unpaired) electrons. The molecule has 1 N–H and O–H groups in total. The molecule has 1 aliphatic rings.